The third-order valence-electron chi connectivity index (χ3n) is 3.97. The number of hydrogen-bond donors (Lipinski definition) is 1. The van der Waals surface area contributed by atoms with E-state index in [1.807, 2.05) is 39.8 Å². The number of carbonyl (C=O) groups excluding carboxylic acids is 1. The summed E-state index contributed by atoms with van der Waals surface area (Å²) < 4.78 is 18.6. The zero-order valence-corrected chi connectivity index (χ0v) is 13.9. The van der Waals surface area contributed by atoms with Gasteiger partial charge in [0.15, 0.2) is 6.61 Å². The molecule has 2 aromatic carbocycles. The van der Waals surface area contributed by atoms with Gasteiger partial charge in [-0.1, -0.05) is 24.3 Å². The van der Waals surface area contributed by atoms with Crippen LogP contribution in [0.25, 0.3) is 0 Å². The van der Waals surface area contributed by atoms with E-state index in [1.54, 1.807) is 12.1 Å². The Kier molecular flexibility index (Phi) is 5.37. The summed E-state index contributed by atoms with van der Waals surface area (Å²) in [5.74, 6) is 0.262. The summed E-state index contributed by atoms with van der Waals surface area (Å²) >= 11 is 0. The molecule has 3 nitrogen and oxygen atoms in total. The van der Waals surface area contributed by atoms with Crippen LogP contribution >= 0.6 is 0 Å². The molecule has 0 fully saturated rings. The highest BCUT2D eigenvalue weighted by atomic mass is 19.1. The number of ether oxygens (including phenoxy) is 1. The van der Waals surface area contributed by atoms with Gasteiger partial charge in [-0.15, -0.1) is 0 Å². The van der Waals surface area contributed by atoms with Crippen LogP contribution < -0.4 is 10.1 Å². The zero-order chi connectivity index (χ0) is 17.0. The Bertz CT molecular complexity index is 695. The Balaban J connectivity index is 1.95. The van der Waals surface area contributed by atoms with Crippen LogP contribution in [0.2, 0.25) is 0 Å². The first kappa shape index (κ1) is 17.0. The number of amides is 1. The average molecular weight is 315 g/mol. The molecule has 0 heterocycles. The fourth-order valence-electron chi connectivity index (χ4n) is 2.40. The van der Waals surface area contributed by atoms with Gasteiger partial charge in [0.1, 0.15) is 11.6 Å². The van der Waals surface area contributed by atoms with Gasteiger partial charge in [0.05, 0.1) is 6.04 Å². The van der Waals surface area contributed by atoms with E-state index in [0.29, 0.717) is 0 Å². The summed E-state index contributed by atoms with van der Waals surface area (Å²) in [4.78, 5) is 12.1. The monoisotopic (exact) mass is 315 g/mol. The van der Waals surface area contributed by atoms with Crippen LogP contribution in [0.5, 0.6) is 5.75 Å². The molecule has 0 aliphatic carbocycles. The van der Waals surface area contributed by atoms with E-state index in [2.05, 4.69) is 5.32 Å². The molecule has 2 rings (SSSR count). The van der Waals surface area contributed by atoms with E-state index < -0.39 is 0 Å². The van der Waals surface area contributed by atoms with Crippen LogP contribution in [-0.4, -0.2) is 12.5 Å². The van der Waals surface area contributed by atoms with Gasteiger partial charge in [-0.05, 0) is 62.1 Å². The quantitative estimate of drug-likeness (QED) is 0.905. The number of rotatable bonds is 5. The molecule has 122 valence electrons. The minimum absolute atomic E-state index is 0.0450. The number of aryl methyl sites for hydroxylation is 2. The van der Waals surface area contributed by atoms with Crippen molar-refractivity contribution in [2.45, 2.75) is 33.7 Å². The topological polar surface area (TPSA) is 38.3 Å². The Morgan fingerprint density at radius 2 is 1.70 bits per heavy atom. The van der Waals surface area contributed by atoms with Crippen molar-refractivity contribution < 1.29 is 13.9 Å². The minimum atomic E-state index is -0.291. The van der Waals surface area contributed by atoms with Gasteiger partial charge in [0.25, 0.3) is 5.91 Å². The van der Waals surface area contributed by atoms with Crippen molar-refractivity contribution in [3.05, 3.63) is 64.5 Å². The van der Waals surface area contributed by atoms with E-state index in [0.717, 1.165) is 28.0 Å². The number of hydrogen-bond acceptors (Lipinski definition) is 2. The molecule has 0 aromatic heterocycles. The third kappa shape index (κ3) is 4.31. The third-order valence-corrected chi connectivity index (χ3v) is 3.97. The van der Waals surface area contributed by atoms with Gasteiger partial charge >= 0.3 is 0 Å². The van der Waals surface area contributed by atoms with E-state index >= 15 is 0 Å². The standard InChI is InChI=1S/C19H22FNO2/c1-12-5-6-13(2)19(14(12)3)23-11-18(22)21-15(4)16-7-9-17(20)10-8-16/h5-10,15H,11H2,1-4H3,(H,21,22). The molecule has 0 radical (unpaired) electrons. The van der Waals surface area contributed by atoms with Crippen LogP contribution in [0.3, 0.4) is 0 Å². The lowest BCUT2D eigenvalue weighted by Gasteiger charge is -2.17. The first-order valence-electron chi connectivity index (χ1n) is 7.63. The number of carbonyl (C=O) groups is 1. The van der Waals surface area contributed by atoms with Crippen molar-refractivity contribution >= 4 is 5.91 Å². The van der Waals surface area contributed by atoms with Gasteiger partial charge in [0, 0.05) is 0 Å². The summed E-state index contributed by atoms with van der Waals surface area (Å²) in [7, 11) is 0. The average Bonchev–Trinajstić information content (AvgIpc) is 2.51. The zero-order valence-electron chi connectivity index (χ0n) is 13.9. The highest BCUT2D eigenvalue weighted by Crippen LogP contribution is 2.25. The van der Waals surface area contributed by atoms with Gasteiger partial charge in [-0.25, -0.2) is 4.39 Å². The second kappa shape index (κ2) is 7.27. The van der Waals surface area contributed by atoms with Crippen molar-refractivity contribution in [3.8, 4) is 5.75 Å². The molecular weight excluding hydrogens is 293 g/mol. The first-order chi connectivity index (χ1) is 10.9. The molecule has 1 amide bonds. The van der Waals surface area contributed by atoms with Crippen LogP contribution in [0, 0.1) is 26.6 Å². The lowest BCUT2D eigenvalue weighted by molar-refractivity contribution is -0.123. The van der Waals surface area contributed by atoms with Gasteiger partial charge in [-0.2, -0.15) is 0 Å². The molecule has 0 saturated carbocycles. The van der Waals surface area contributed by atoms with E-state index in [1.165, 1.54) is 12.1 Å². The van der Waals surface area contributed by atoms with E-state index in [9.17, 15) is 9.18 Å². The van der Waals surface area contributed by atoms with Crippen LogP contribution in [0.15, 0.2) is 36.4 Å². The Morgan fingerprint density at radius 3 is 2.35 bits per heavy atom. The number of benzene rings is 2. The van der Waals surface area contributed by atoms with Crippen LogP contribution in [0.4, 0.5) is 4.39 Å². The molecule has 23 heavy (non-hydrogen) atoms. The van der Waals surface area contributed by atoms with Crippen molar-refractivity contribution in [3.63, 3.8) is 0 Å². The Hall–Kier alpha value is -2.36. The summed E-state index contributed by atoms with van der Waals surface area (Å²) in [6.45, 7) is 7.76. The van der Waals surface area contributed by atoms with Crippen molar-refractivity contribution in [1.82, 2.24) is 5.32 Å². The van der Waals surface area contributed by atoms with Crippen molar-refractivity contribution in [2.24, 2.45) is 0 Å². The maximum atomic E-state index is 12.9. The summed E-state index contributed by atoms with van der Waals surface area (Å²) in [5.41, 5.74) is 4.03. The molecule has 0 bridgehead atoms. The van der Waals surface area contributed by atoms with Gasteiger partial charge in [0.2, 0.25) is 0 Å². The largest absolute Gasteiger partial charge is 0.483 e. The first-order valence-corrected chi connectivity index (χ1v) is 7.63. The molecular formula is C19H22FNO2. The lowest BCUT2D eigenvalue weighted by Crippen LogP contribution is -2.31. The number of halogens is 1. The summed E-state index contributed by atoms with van der Waals surface area (Å²) in [5, 5.41) is 2.85. The highest BCUT2D eigenvalue weighted by molar-refractivity contribution is 5.78. The Morgan fingerprint density at radius 1 is 1.09 bits per heavy atom. The Labute approximate surface area is 136 Å². The molecule has 1 N–H and O–H groups in total. The fourth-order valence-corrected chi connectivity index (χ4v) is 2.40. The minimum Gasteiger partial charge on any atom is -0.483 e. The molecule has 2 aromatic rings. The van der Waals surface area contributed by atoms with Gasteiger partial charge in [-0.3, -0.25) is 4.79 Å². The molecule has 1 unspecified atom stereocenters. The lowest BCUT2D eigenvalue weighted by atomic mass is 10.1. The van der Waals surface area contributed by atoms with E-state index in [4.69, 9.17) is 4.74 Å². The maximum absolute atomic E-state index is 12.9. The van der Waals surface area contributed by atoms with Crippen LogP contribution in [0.1, 0.15) is 35.2 Å². The van der Waals surface area contributed by atoms with Gasteiger partial charge < -0.3 is 10.1 Å². The summed E-state index contributed by atoms with van der Waals surface area (Å²) in [6.07, 6.45) is 0. The molecule has 0 spiro atoms. The van der Waals surface area contributed by atoms with E-state index in [-0.39, 0.29) is 24.4 Å². The second-order valence-corrected chi connectivity index (χ2v) is 5.78. The normalized spacial score (nSPS) is 11.9. The SMILES string of the molecule is Cc1ccc(C)c(OCC(=O)NC(C)c2ccc(F)cc2)c1C. The van der Waals surface area contributed by atoms with Crippen molar-refractivity contribution in [2.75, 3.05) is 6.61 Å². The second-order valence-electron chi connectivity index (χ2n) is 5.78. The smallest absolute Gasteiger partial charge is 0.258 e. The molecule has 0 saturated heterocycles. The fraction of sp³-hybridized carbons (Fsp3) is 0.316. The molecule has 0 aliphatic rings. The number of nitrogens with one attached hydrogen (secondary N) is 1. The highest BCUT2D eigenvalue weighted by Gasteiger charge is 2.12. The summed E-state index contributed by atoms with van der Waals surface area (Å²) in [6, 6.07) is 9.91. The maximum Gasteiger partial charge on any atom is 0.258 e. The van der Waals surface area contributed by atoms with Crippen LogP contribution in [-0.2, 0) is 4.79 Å². The molecule has 1 atom stereocenters. The molecule has 4 heteroatoms. The molecule has 0 aliphatic heterocycles. The predicted molar refractivity (Wildman–Crippen MR) is 89.1 cm³/mol. The predicted octanol–water partition coefficient (Wildman–Crippen LogP) is 4.01. The van der Waals surface area contributed by atoms with Crippen molar-refractivity contribution in [1.29, 1.82) is 0 Å².